The van der Waals surface area contributed by atoms with Crippen LogP contribution in [0.15, 0.2) is 76.1 Å². The highest BCUT2D eigenvalue weighted by Gasteiger charge is 2.44. The molecular weight excluding hydrogens is 364 g/mol. The summed E-state index contributed by atoms with van der Waals surface area (Å²) in [5.41, 5.74) is 3.52. The average Bonchev–Trinajstić information content (AvgIpc) is 3.02. The van der Waals surface area contributed by atoms with Crippen LogP contribution in [-0.4, -0.2) is 10.9 Å². The van der Waals surface area contributed by atoms with Crippen LogP contribution in [0.4, 0.5) is 5.82 Å². The Balaban J connectivity index is 1.81. The van der Waals surface area contributed by atoms with Crippen LogP contribution >= 0.6 is 0 Å². The molecule has 2 aromatic heterocycles. The Bertz CT molecular complexity index is 1310. The zero-order valence-electron chi connectivity index (χ0n) is 16.0. The number of pyridine rings is 1. The number of para-hydroxylation sites is 1. The van der Waals surface area contributed by atoms with Gasteiger partial charge in [-0.05, 0) is 43.2 Å². The lowest BCUT2D eigenvalue weighted by Gasteiger charge is -2.24. The largest absolute Gasteiger partial charge is 0.450 e. The predicted octanol–water partition coefficient (Wildman–Crippen LogP) is 4.55. The van der Waals surface area contributed by atoms with Gasteiger partial charge in [-0.15, -0.1) is 0 Å². The second-order valence-electron chi connectivity index (χ2n) is 7.35. The van der Waals surface area contributed by atoms with Crippen molar-refractivity contribution >= 4 is 22.7 Å². The van der Waals surface area contributed by atoms with E-state index in [1.807, 2.05) is 44.2 Å². The molecule has 0 aliphatic carbocycles. The lowest BCUT2D eigenvalue weighted by molar-refractivity contribution is 0.0970. The Morgan fingerprint density at radius 2 is 1.62 bits per heavy atom. The first-order valence-corrected chi connectivity index (χ1v) is 9.43. The number of aryl methyl sites for hydroxylation is 2. The number of hydrogen-bond donors (Lipinski definition) is 0. The maximum absolute atomic E-state index is 13.4. The normalized spacial score (nSPS) is 15.7. The van der Waals surface area contributed by atoms with Crippen LogP contribution in [0.25, 0.3) is 11.0 Å². The van der Waals surface area contributed by atoms with Crippen molar-refractivity contribution in [1.82, 2.24) is 4.98 Å². The molecule has 5 heteroatoms. The molecule has 0 unspecified atom stereocenters. The standard InChI is InChI=1S/C24H18N2O3/c1-14-7-10-16(11-8-14)21-20-22(27)17-5-3-4-6-18(17)29-23(20)24(28)26(21)19-12-9-15(2)13-25-19/h3-13,21H,1-2H3/t21-/m1/s1. The number of hydrogen-bond acceptors (Lipinski definition) is 4. The van der Waals surface area contributed by atoms with Crippen molar-refractivity contribution in [3.63, 3.8) is 0 Å². The van der Waals surface area contributed by atoms with Crippen molar-refractivity contribution in [3.05, 3.63) is 105 Å². The van der Waals surface area contributed by atoms with Crippen molar-refractivity contribution < 1.29 is 9.21 Å². The van der Waals surface area contributed by atoms with Gasteiger partial charge in [0.05, 0.1) is 17.0 Å². The SMILES string of the molecule is Cc1ccc([C@@H]2c3c(oc4ccccc4c3=O)C(=O)N2c2ccc(C)cn2)cc1. The number of carbonyl (C=O) groups excluding carboxylic acids is 1. The summed E-state index contributed by atoms with van der Waals surface area (Å²) in [6.07, 6.45) is 1.71. The van der Waals surface area contributed by atoms with Crippen LogP contribution in [0.1, 0.15) is 38.9 Å². The fourth-order valence-corrected chi connectivity index (χ4v) is 3.82. The van der Waals surface area contributed by atoms with E-state index in [4.69, 9.17) is 4.42 Å². The minimum Gasteiger partial charge on any atom is -0.450 e. The van der Waals surface area contributed by atoms with Gasteiger partial charge in [-0.3, -0.25) is 14.5 Å². The number of benzene rings is 2. The second-order valence-corrected chi connectivity index (χ2v) is 7.35. The third-order valence-corrected chi connectivity index (χ3v) is 5.31. The number of fused-ring (bicyclic) bond motifs is 2. The smallest absolute Gasteiger partial charge is 0.296 e. The quantitative estimate of drug-likeness (QED) is 0.510. The van der Waals surface area contributed by atoms with E-state index in [1.165, 1.54) is 0 Å². The zero-order chi connectivity index (χ0) is 20.1. The Kier molecular flexibility index (Phi) is 3.84. The third-order valence-electron chi connectivity index (χ3n) is 5.31. The Hall–Kier alpha value is -3.73. The Morgan fingerprint density at radius 3 is 2.34 bits per heavy atom. The van der Waals surface area contributed by atoms with Gasteiger partial charge in [0.1, 0.15) is 11.4 Å². The molecule has 5 nitrogen and oxygen atoms in total. The van der Waals surface area contributed by atoms with E-state index in [9.17, 15) is 9.59 Å². The van der Waals surface area contributed by atoms with Gasteiger partial charge in [-0.2, -0.15) is 0 Å². The first kappa shape index (κ1) is 17.4. The van der Waals surface area contributed by atoms with E-state index >= 15 is 0 Å². The van der Waals surface area contributed by atoms with Crippen LogP contribution in [0, 0.1) is 13.8 Å². The number of anilines is 1. The van der Waals surface area contributed by atoms with Crippen molar-refractivity contribution in [1.29, 1.82) is 0 Å². The molecule has 1 aliphatic heterocycles. The van der Waals surface area contributed by atoms with Gasteiger partial charge in [-0.1, -0.05) is 48.0 Å². The number of aromatic nitrogens is 1. The van der Waals surface area contributed by atoms with E-state index in [2.05, 4.69) is 4.98 Å². The molecule has 0 saturated heterocycles. The molecule has 4 aromatic rings. The molecule has 0 fully saturated rings. The number of carbonyl (C=O) groups is 1. The summed E-state index contributed by atoms with van der Waals surface area (Å²) in [6.45, 7) is 3.94. The summed E-state index contributed by atoms with van der Waals surface area (Å²) in [5, 5.41) is 0.467. The molecule has 0 bridgehead atoms. The number of amides is 1. The average molecular weight is 382 g/mol. The summed E-state index contributed by atoms with van der Waals surface area (Å²) in [7, 11) is 0. The highest BCUT2D eigenvalue weighted by Crippen LogP contribution is 2.40. The molecule has 1 atom stereocenters. The second kappa shape index (κ2) is 6.41. The molecule has 0 radical (unpaired) electrons. The van der Waals surface area contributed by atoms with Gasteiger partial charge in [-0.25, -0.2) is 4.98 Å². The van der Waals surface area contributed by atoms with E-state index < -0.39 is 6.04 Å². The molecule has 1 aliphatic rings. The van der Waals surface area contributed by atoms with Crippen molar-refractivity contribution in [2.45, 2.75) is 19.9 Å². The van der Waals surface area contributed by atoms with Gasteiger partial charge in [0, 0.05) is 6.20 Å². The Morgan fingerprint density at radius 1 is 0.897 bits per heavy atom. The third kappa shape index (κ3) is 2.66. The van der Waals surface area contributed by atoms with Crippen LogP contribution in [0.2, 0.25) is 0 Å². The predicted molar refractivity (Wildman–Crippen MR) is 111 cm³/mol. The maximum atomic E-state index is 13.4. The molecule has 0 N–H and O–H groups in total. The summed E-state index contributed by atoms with van der Waals surface area (Å²) < 4.78 is 5.93. The number of rotatable bonds is 2. The fourth-order valence-electron chi connectivity index (χ4n) is 3.82. The van der Waals surface area contributed by atoms with E-state index in [0.29, 0.717) is 22.4 Å². The van der Waals surface area contributed by atoms with Crippen LogP contribution in [-0.2, 0) is 0 Å². The summed E-state index contributed by atoms with van der Waals surface area (Å²) in [6, 6.07) is 18.0. The molecule has 142 valence electrons. The summed E-state index contributed by atoms with van der Waals surface area (Å²) in [5.74, 6) is 0.215. The molecule has 0 spiro atoms. The molecule has 29 heavy (non-hydrogen) atoms. The first-order chi connectivity index (χ1) is 14.0. The topological polar surface area (TPSA) is 63.4 Å². The minimum atomic E-state index is -0.589. The lowest BCUT2D eigenvalue weighted by Crippen LogP contribution is -2.30. The molecular formula is C24H18N2O3. The minimum absolute atomic E-state index is 0.0849. The highest BCUT2D eigenvalue weighted by molar-refractivity contribution is 6.10. The van der Waals surface area contributed by atoms with Crippen LogP contribution < -0.4 is 10.3 Å². The first-order valence-electron chi connectivity index (χ1n) is 9.43. The van der Waals surface area contributed by atoms with Gasteiger partial charge in [0.2, 0.25) is 5.76 Å². The molecule has 1 amide bonds. The Labute approximate surface area is 167 Å². The van der Waals surface area contributed by atoms with E-state index in [-0.39, 0.29) is 17.1 Å². The van der Waals surface area contributed by atoms with Crippen molar-refractivity contribution in [2.24, 2.45) is 0 Å². The van der Waals surface area contributed by atoms with E-state index in [1.54, 1.807) is 41.4 Å². The zero-order valence-corrected chi connectivity index (χ0v) is 16.0. The lowest BCUT2D eigenvalue weighted by atomic mass is 9.97. The maximum Gasteiger partial charge on any atom is 0.296 e. The van der Waals surface area contributed by atoms with Crippen molar-refractivity contribution in [3.8, 4) is 0 Å². The summed E-state index contributed by atoms with van der Waals surface area (Å²) >= 11 is 0. The van der Waals surface area contributed by atoms with Gasteiger partial charge in [0.25, 0.3) is 5.91 Å². The fraction of sp³-hybridized carbons (Fsp3) is 0.125. The number of nitrogens with zero attached hydrogens (tertiary/aromatic N) is 2. The van der Waals surface area contributed by atoms with Gasteiger partial charge >= 0.3 is 0 Å². The van der Waals surface area contributed by atoms with Crippen LogP contribution in [0.3, 0.4) is 0 Å². The van der Waals surface area contributed by atoms with Crippen LogP contribution in [0.5, 0.6) is 0 Å². The molecule has 5 rings (SSSR count). The monoisotopic (exact) mass is 382 g/mol. The van der Waals surface area contributed by atoms with Crippen molar-refractivity contribution in [2.75, 3.05) is 4.90 Å². The summed E-state index contributed by atoms with van der Waals surface area (Å²) in [4.78, 5) is 32.8. The highest BCUT2D eigenvalue weighted by atomic mass is 16.3. The van der Waals surface area contributed by atoms with E-state index in [0.717, 1.165) is 16.7 Å². The molecule has 3 heterocycles. The molecule has 0 saturated carbocycles. The van der Waals surface area contributed by atoms with Gasteiger partial charge < -0.3 is 4.42 Å². The van der Waals surface area contributed by atoms with Gasteiger partial charge in [0.15, 0.2) is 5.43 Å². The molecule has 2 aromatic carbocycles.